The molecule has 1 aliphatic heterocycles. The second-order valence-electron chi connectivity index (χ2n) is 5.33. The van der Waals surface area contributed by atoms with Gasteiger partial charge in [0.15, 0.2) is 0 Å². The number of rotatable bonds is 3. The number of ether oxygens (including phenoxy) is 1. The van der Waals surface area contributed by atoms with Crippen molar-refractivity contribution < 1.29 is 14.6 Å². The van der Waals surface area contributed by atoms with Gasteiger partial charge in [-0.1, -0.05) is 6.92 Å². The van der Waals surface area contributed by atoms with E-state index in [0.717, 1.165) is 30.7 Å². The summed E-state index contributed by atoms with van der Waals surface area (Å²) in [5, 5.41) is 9.93. The van der Waals surface area contributed by atoms with E-state index in [4.69, 9.17) is 9.84 Å². The van der Waals surface area contributed by atoms with Crippen molar-refractivity contribution >= 4 is 16.9 Å². The van der Waals surface area contributed by atoms with Gasteiger partial charge in [-0.15, -0.1) is 0 Å². The van der Waals surface area contributed by atoms with Gasteiger partial charge < -0.3 is 14.4 Å². The van der Waals surface area contributed by atoms with Crippen LogP contribution in [0.15, 0.2) is 30.5 Å². The number of carboxylic acids is 1. The fourth-order valence-electron chi connectivity index (χ4n) is 2.42. The molecule has 1 fully saturated rings. The van der Waals surface area contributed by atoms with Crippen molar-refractivity contribution in [1.29, 1.82) is 0 Å². The molecule has 0 saturated carbocycles. The molecule has 1 aromatic heterocycles. The van der Waals surface area contributed by atoms with Gasteiger partial charge in [-0.25, -0.2) is 4.79 Å². The van der Waals surface area contributed by atoms with Crippen LogP contribution in [0.25, 0.3) is 10.9 Å². The lowest BCUT2D eigenvalue weighted by molar-refractivity contribution is -0.109. The highest BCUT2D eigenvalue weighted by molar-refractivity contribution is 5.93. The van der Waals surface area contributed by atoms with Crippen LogP contribution in [0.2, 0.25) is 0 Å². The first-order valence-corrected chi connectivity index (χ1v) is 5.97. The van der Waals surface area contributed by atoms with Crippen molar-refractivity contribution in [2.75, 3.05) is 13.2 Å². The number of carbonyl (C=O) groups is 1. The van der Waals surface area contributed by atoms with Crippen LogP contribution >= 0.6 is 0 Å². The molecule has 2 heterocycles. The molecule has 1 aliphatic rings. The molecule has 18 heavy (non-hydrogen) atoms. The number of hydrogen-bond acceptors (Lipinski definition) is 2. The molecule has 0 bridgehead atoms. The average Bonchev–Trinajstić information content (AvgIpc) is 2.69. The Balaban J connectivity index is 1.96. The third kappa shape index (κ3) is 1.78. The van der Waals surface area contributed by atoms with Crippen LogP contribution in [0.4, 0.5) is 0 Å². The largest absolute Gasteiger partial charge is 0.478 e. The van der Waals surface area contributed by atoms with E-state index in [0.29, 0.717) is 5.56 Å². The Kier molecular flexibility index (Phi) is 2.41. The zero-order valence-corrected chi connectivity index (χ0v) is 10.2. The highest BCUT2D eigenvalue weighted by Gasteiger charge is 2.33. The summed E-state index contributed by atoms with van der Waals surface area (Å²) in [4.78, 5) is 10.9. The minimum absolute atomic E-state index is 0.206. The van der Waals surface area contributed by atoms with Crippen molar-refractivity contribution in [1.82, 2.24) is 4.57 Å². The number of fused-ring (bicyclic) bond motifs is 1. The Labute approximate surface area is 105 Å². The van der Waals surface area contributed by atoms with E-state index < -0.39 is 5.97 Å². The smallest absolute Gasteiger partial charge is 0.335 e. The minimum Gasteiger partial charge on any atom is -0.478 e. The molecular weight excluding hydrogens is 230 g/mol. The van der Waals surface area contributed by atoms with Crippen LogP contribution in [0.1, 0.15) is 17.3 Å². The van der Waals surface area contributed by atoms with E-state index in [9.17, 15) is 4.79 Å². The highest BCUT2D eigenvalue weighted by Crippen LogP contribution is 2.30. The predicted octanol–water partition coefficient (Wildman–Crippen LogP) is 2.38. The SMILES string of the molecule is CC1(Cn2ccc3cc(C(=O)O)ccc32)COC1. The molecule has 0 spiro atoms. The molecule has 0 aliphatic carbocycles. The molecule has 1 aromatic carbocycles. The van der Waals surface area contributed by atoms with Crippen LogP contribution in [0.5, 0.6) is 0 Å². The second-order valence-corrected chi connectivity index (χ2v) is 5.33. The number of aromatic nitrogens is 1. The summed E-state index contributed by atoms with van der Waals surface area (Å²) in [6, 6.07) is 7.21. The highest BCUT2D eigenvalue weighted by atomic mass is 16.5. The summed E-state index contributed by atoms with van der Waals surface area (Å²) in [5.74, 6) is -0.885. The van der Waals surface area contributed by atoms with Gasteiger partial charge in [-0.2, -0.15) is 0 Å². The quantitative estimate of drug-likeness (QED) is 0.903. The number of hydrogen-bond donors (Lipinski definition) is 1. The maximum Gasteiger partial charge on any atom is 0.335 e. The first-order valence-electron chi connectivity index (χ1n) is 5.97. The van der Waals surface area contributed by atoms with Gasteiger partial charge in [-0.3, -0.25) is 0 Å². The maximum absolute atomic E-state index is 10.9. The summed E-state index contributed by atoms with van der Waals surface area (Å²) in [6.45, 7) is 4.69. The lowest BCUT2D eigenvalue weighted by atomic mass is 9.88. The number of carboxylic acid groups (broad SMARTS) is 1. The van der Waals surface area contributed by atoms with Crippen molar-refractivity contribution in [3.8, 4) is 0 Å². The molecule has 0 atom stereocenters. The lowest BCUT2D eigenvalue weighted by Gasteiger charge is -2.38. The Morgan fingerprint density at radius 1 is 1.44 bits per heavy atom. The third-order valence-electron chi connectivity index (χ3n) is 3.47. The van der Waals surface area contributed by atoms with Gasteiger partial charge in [0.05, 0.1) is 18.8 Å². The molecule has 1 N–H and O–H groups in total. The summed E-state index contributed by atoms with van der Waals surface area (Å²) in [6.07, 6.45) is 2.01. The van der Waals surface area contributed by atoms with Crippen LogP contribution < -0.4 is 0 Å². The van der Waals surface area contributed by atoms with Gasteiger partial charge in [0.2, 0.25) is 0 Å². The Morgan fingerprint density at radius 2 is 2.22 bits per heavy atom. The first-order chi connectivity index (χ1) is 8.57. The summed E-state index contributed by atoms with van der Waals surface area (Å²) in [7, 11) is 0. The van der Waals surface area contributed by atoms with E-state index in [1.54, 1.807) is 12.1 Å². The van der Waals surface area contributed by atoms with E-state index in [1.165, 1.54) is 0 Å². The lowest BCUT2D eigenvalue weighted by Crippen LogP contribution is -2.42. The topological polar surface area (TPSA) is 51.5 Å². The fourth-order valence-corrected chi connectivity index (χ4v) is 2.42. The summed E-state index contributed by atoms with van der Waals surface area (Å²) >= 11 is 0. The predicted molar refractivity (Wildman–Crippen MR) is 67.8 cm³/mol. The number of benzene rings is 1. The zero-order chi connectivity index (χ0) is 12.8. The number of nitrogens with zero attached hydrogens (tertiary/aromatic N) is 1. The Bertz CT molecular complexity index is 611. The van der Waals surface area contributed by atoms with E-state index >= 15 is 0 Å². The molecule has 0 radical (unpaired) electrons. The van der Waals surface area contributed by atoms with Crippen LogP contribution in [0, 0.1) is 5.41 Å². The molecule has 2 aromatic rings. The first kappa shape index (κ1) is 11.3. The molecule has 0 unspecified atom stereocenters. The van der Waals surface area contributed by atoms with E-state index in [1.807, 2.05) is 18.3 Å². The standard InChI is InChI=1S/C14H15NO3/c1-14(8-18-9-14)7-15-5-4-10-6-11(13(16)17)2-3-12(10)15/h2-6H,7-9H2,1H3,(H,16,17). The van der Waals surface area contributed by atoms with Gasteiger partial charge in [0.25, 0.3) is 0 Å². The Morgan fingerprint density at radius 3 is 2.83 bits per heavy atom. The second kappa shape index (κ2) is 3.85. The summed E-state index contributed by atoms with van der Waals surface area (Å²) < 4.78 is 7.43. The molecule has 0 amide bonds. The summed E-state index contributed by atoms with van der Waals surface area (Å²) in [5.41, 5.74) is 1.61. The average molecular weight is 245 g/mol. The van der Waals surface area contributed by atoms with Crippen molar-refractivity contribution in [2.24, 2.45) is 5.41 Å². The van der Waals surface area contributed by atoms with Crippen molar-refractivity contribution in [3.63, 3.8) is 0 Å². The molecule has 4 heteroatoms. The normalized spacial score (nSPS) is 17.6. The van der Waals surface area contributed by atoms with Gasteiger partial charge in [0.1, 0.15) is 0 Å². The van der Waals surface area contributed by atoms with Crippen LogP contribution in [0.3, 0.4) is 0 Å². The molecule has 3 rings (SSSR count). The van der Waals surface area contributed by atoms with Crippen molar-refractivity contribution in [2.45, 2.75) is 13.5 Å². The fraction of sp³-hybridized carbons (Fsp3) is 0.357. The molecule has 1 saturated heterocycles. The van der Waals surface area contributed by atoms with Gasteiger partial charge in [-0.05, 0) is 24.3 Å². The molecular formula is C14H15NO3. The van der Waals surface area contributed by atoms with E-state index in [2.05, 4.69) is 11.5 Å². The van der Waals surface area contributed by atoms with E-state index in [-0.39, 0.29) is 5.41 Å². The number of aromatic carboxylic acids is 1. The van der Waals surface area contributed by atoms with Crippen LogP contribution in [-0.2, 0) is 11.3 Å². The van der Waals surface area contributed by atoms with Crippen molar-refractivity contribution in [3.05, 3.63) is 36.0 Å². The maximum atomic E-state index is 10.9. The van der Waals surface area contributed by atoms with Gasteiger partial charge >= 0.3 is 5.97 Å². The third-order valence-corrected chi connectivity index (χ3v) is 3.47. The van der Waals surface area contributed by atoms with Crippen LogP contribution in [-0.4, -0.2) is 28.9 Å². The Hall–Kier alpha value is -1.81. The molecule has 4 nitrogen and oxygen atoms in total. The van der Waals surface area contributed by atoms with Gasteiger partial charge in [0, 0.05) is 29.1 Å². The minimum atomic E-state index is -0.885. The molecule has 94 valence electrons. The zero-order valence-electron chi connectivity index (χ0n) is 10.2. The monoisotopic (exact) mass is 245 g/mol.